The Morgan fingerprint density at radius 2 is 1.96 bits per heavy atom. The number of unbranched alkanes of at least 4 members (excludes halogenated alkanes) is 1. The van der Waals surface area contributed by atoms with Crippen LogP contribution in [0.5, 0.6) is 0 Å². The summed E-state index contributed by atoms with van der Waals surface area (Å²) >= 11 is 0. The van der Waals surface area contributed by atoms with E-state index in [1.807, 2.05) is 4.90 Å². The minimum Gasteiger partial charge on any atom is -0.378 e. The first-order valence-electron chi connectivity index (χ1n) is 11.0. The third kappa shape index (κ3) is 4.09. The van der Waals surface area contributed by atoms with Crippen molar-refractivity contribution < 1.29 is 9.53 Å². The van der Waals surface area contributed by atoms with E-state index in [2.05, 4.69) is 27.1 Å². The third-order valence-electron chi connectivity index (χ3n) is 6.27. The predicted molar refractivity (Wildman–Crippen MR) is 111 cm³/mol. The SMILES string of the molecule is CCCC[C@@H]1Nc2ncnc(N3CCOCC3)c2N(CC2CCCCC2)C1=O. The number of fused-ring (bicyclic) bond motifs is 1. The monoisotopic (exact) mass is 387 g/mol. The number of ether oxygens (including phenoxy) is 1. The Labute approximate surface area is 167 Å². The topological polar surface area (TPSA) is 70.6 Å². The number of morpholine rings is 1. The smallest absolute Gasteiger partial charge is 0.249 e. The number of aromatic nitrogens is 2. The summed E-state index contributed by atoms with van der Waals surface area (Å²) in [4.78, 5) is 26.9. The number of nitrogens with one attached hydrogen (secondary N) is 1. The maximum atomic E-state index is 13.5. The molecule has 154 valence electrons. The first-order valence-corrected chi connectivity index (χ1v) is 11.0. The fourth-order valence-corrected chi connectivity index (χ4v) is 4.67. The van der Waals surface area contributed by atoms with E-state index in [1.54, 1.807) is 6.33 Å². The molecule has 0 unspecified atom stereocenters. The molecule has 1 saturated carbocycles. The molecule has 1 aromatic heterocycles. The van der Waals surface area contributed by atoms with Crippen LogP contribution in [-0.2, 0) is 9.53 Å². The van der Waals surface area contributed by atoms with Gasteiger partial charge in [0.15, 0.2) is 11.6 Å². The molecule has 1 amide bonds. The number of carbonyl (C=O) groups is 1. The normalized spacial score (nSPS) is 23.5. The third-order valence-corrected chi connectivity index (χ3v) is 6.27. The number of hydrogen-bond acceptors (Lipinski definition) is 6. The lowest BCUT2D eigenvalue weighted by Gasteiger charge is -2.40. The molecule has 2 aliphatic heterocycles. The zero-order chi connectivity index (χ0) is 19.3. The Balaban J connectivity index is 1.66. The van der Waals surface area contributed by atoms with Gasteiger partial charge >= 0.3 is 0 Å². The molecule has 1 saturated heterocycles. The van der Waals surface area contributed by atoms with Crippen molar-refractivity contribution in [1.29, 1.82) is 0 Å². The first kappa shape index (κ1) is 19.4. The van der Waals surface area contributed by atoms with Gasteiger partial charge in [-0.3, -0.25) is 4.79 Å². The molecular weight excluding hydrogens is 354 g/mol. The zero-order valence-electron chi connectivity index (χ0n) is 17.0. The molecular formula is C21H33N5O2. The van der Waals surface area contributed by atoms with Crippen LogP contribution in [0.3, 0.4) is 0 Å². The van der Waals surface area contributed by atoms with E-state index in [9.17, 15) is 4.79 Å². The van der Waals surface area contributed by atoms with Crippen molar-refractivity contribution in [2.24, 2.45) is 5.92 Å². The van der Waals surface area contributed by atoms with Crippen molar-refractivity contribution in [3.63, 3.8) is 0 Å². The molecule has 3 aliphatic rings. The van der Waals surface area contributed by atoms with Gasteiger partial charge in [-0.05, 0) is 25.2 Å². The summed E-state index contributed by atoms with van der Waals surface area (Å²) in [6.45, 7) is 5.95. The minimum atomic E-state index is -0.177. The lowest BCUT2D eigenvalue weighted by molar-refractivity contribution is -0.119. The van der Waals surface area contributed by atoms with E-state index in [0.29, 0.717) is 19.1 Å². The summed E-state index contributed by atoms with van der Waals surface area (Å²) in [5.74, 6) is 2.45. The van der Waals surface area contributed by atoms with Crippen LogP contribution in [0.25, 0.3) is 0 Å². The molecule has 2 fully saturated rings. The molecule has 0 spiro atoms. The van der Waals surface area contributed by atoms with Crippen molar-refractivity contribution in [1.82, 2.24) is 9.97 Å². The van der Waals surface area contributed by atoms with E-state index in [-0.39, 0.29) is 11.9 Å². The number of nitrogens with zero attached hydrogens (tertiary/aromatic N) is 4. The lowest BCUT2D eigenvalue weighted by atomic mass is 9.88. The molecule has 1 aliphatic carbocycles. The largest absolute Gasteiger partial charge is 0.378 e. The summed E-state index contributed by atoms with van der Waals surface area (Å²) < 4.78 is 5.51. The fourth-order valence-electron chi connectivity index (χ4n) is 4.67. The summed E-state index contributed by atoms with van der Waals surface area (Å²) in [6, 6.07) is -0.177. The van der Waals surface area contributed by atoms with E-state index in [4.69, 9.17) is 4.74 Å². The highest BCUT2D eigenvalue weighted by atomic mass is 16.5. The van der Waals surface area contributed by atoms with E-state index >= 15 is 0 Å². The number of anilines is 3. The van der Waals surface area contributed by atoms with Crippen LogP contribution in [0.15, 0.2) is 6.33 Å². The lowest BCUT2D eigenvalue weighted by Crippen LogP contribution is -2.50. The Kier molecular flexibility index (Phi) is 6.29. The Hall–Kier alpha value is -1.89. The molecule has 0 aromatic carbocycles. The summed E-state index contributed by atoms with van der Waals surface area (Å²) in [5.41, 5.74) is 0.882. The molecule has 3 heterocycles. The minimum absolute atomic E-state index is 0.177. The van der Waals surface area contributed by atoms with Crippen LogP contribution >= 0.6 is 0 Å². The molecule has 7 heteroatoms. The molecule has 4 rings (SSSR count). The summed E-state index contributed by atoms with van der Waals surface area (Å²) in [7, 11) is 0. The summed E-state index contributed by atoms with van der Waals surface area (Å²) in [6.07, 6.45) is 10.9. The molecule has 1 aromatic rings. The van der Waals surface area contributed by atoms with Crippen LogP contribution in [-0.4, -0.2) is 54.8 Å². The van der Waals surface area contributed by atoms with Crippen LogP contribution in [0, 0.1) is 5.92 Å². The van der Waals surface area contributed by atoms with Gasteiger partial charge in [0.2, 0.25) is 5.91 Å². The van der Waals surface area contributed by atoms with Gasteiger partial charge in [-0.15, -0.1) is 0 Å². The van der Waals surface area contributed by atoms with Crippen molar-refractivity contribution >= 4 is 23.2 Å². The highest BCUT2D eigenvalue weighted by molar-refractivity contribution is 6.07. The highest BCUT2D eigenvalue weighted by Gasteiger charge is 2.37. The van der Waals surface area contributed by atoms with Crippen molar-refractivity contribution in [3.8, 4) is 0 Å². The van der Waals surface area contributed by atoms with Crippen molar-refractivity contribution in [2.45, 2.75) is 64.3 Å². The van der Waals surface area contributed by atoms with Crippen molar-refractivity contribution in [3.05, 3.63) is 6.33 Å². The average Bonchev–Trinajstić information content (AvgIpc) is 2.75. The molecule has 0 bridgehead atoms. The Morgan fingerprint density at radius 3 is 2.71 bits per heavy atom. The number of carbonyl (C=O) groups excluding carboxylic acids is 1. The molecule has 7 nitrogen and oxygen atoms in total. The van der Waals surface area contributed by atoms with Gasteiger partial charge in [0.05, 0.1) is 13.2 Å². The first-order chi connectivity index (χ1) is 13.8. The maximum Gasteiger partial charge on any atom is 0.249 e. The molecule has 0 radical (unpaired) electrons. The van der Waals surface area contributed by atoms with E-state index in [1.165, 1.54) is 32.1 Å². The number of hydrogen-bond donors (Lipinski definition) is 1. The Bertz CT molecular complexity index is 671. The van der Waals surface area contributed by atoms with Crippen LogP contribution in [0.1, 0.15) is 58.3 Å². The van der Waals surface area contributed by atoms with Gasteiger partial charge in [0, 0.05) is 19.6 Å². The Morgan fingerprint density at radius 1 is 1.18 bits per heavy atom. The quantitative estimate of drug-likeness (QED) is 0.808. The second-order valence-corrected chi connectivity index (χ2v) is 8.29. The van der Waals surface area contributed by atoms with Gasteiger partial charge in [-0.1, -0.05) is 39.0 Å². The number of amides is 1. The van der Waals surface area contributed by atoms with Crippen LogP contribution in [0.2, 0.25) is 0 Å². The second-order valence-electron chi connectivity index (χ2n) is 8.29. The predicted octanol–water partition coefficient (Wildman–Crippen LogP) is 3.21. The molecule has 1 N–H and O–H groups in total. The molecule has 1 atom stereocenters. The van der Waals surface area contributed by atoms with Gasteiger partial charge in [0.25, 0.3) is 0 Å². The van der Waals surface area contributed by atoms with Gasteiger partial charge in [0.1, 0.15) is 18.1 Å². The second kappa shape index (κ2) is 9.07. The number of rotatable bonds is 6. The van der Waals surface area contributed by atoms with Gasteiger partial charge in [-0.25, -0.2) is 9.97 Å². The van der Waals surface area contributed by atoms with Crippen molar-refractivity contribution in [2.75, 3.05) is 48.0 Å². The van der Waals surface area contributed by atoms with E-state index in [0.717, 1.165) is 56.2 Å². The average molecular weight is 388 g/mol. The highest BCUT2D eigenvalue weighted by Crippen LogP contribution is 2.39. The summed E-state index contributed by atoms with van der Waals surface area (Å²) in [5, 5.41) is 3.43. The molecule has 28 heavy (non-hydrogen) atoms. The standard InChI is InChI=1S/C21H33N5O2/c1-2-3-9-17-21(27)26(14-16-7-5-4-6-8-16)18-19(24-17)22-15-23-20(18)25-10-12-28-13-11-25/h15-17H,2-14H2,1H3,(H,22,23,24)/t17-/m0/s1. The zero-order valence-corrected chi connectivity index (χ0v) is 17.0. The van der Waals surface area contributed by atoms with Crippen LogP contribution in [0.4, 0.5) is 17.3 Å². The maximum absolute atomic E-state index is 13.5. The van der Waals surface area contributed by atoms with Gasteiger partial charge in [-0.2, -0.15) is 0 Å². The van der Waals surface area contributed by atoms with Crippen LogP contribution < -0.4 is 15.1 Å². The van der Waals surface area contributed by atoms with E-state index < -0.39 is 0 Å². The fraction of sp³-hybridized carbons (Fsp3) is 0.762. The van der Waals surface area contributed by atoms with Gasteiger partial charge < -0.3 is 19.9 Å².